The highest BCUT2D eigenvalue weighted by Gasteiger charge is 2.30. The third-order valence-electron chi connectivity index (χ3n) is 2.87. The van der Waals surface area contributed by atoms with Crippen molar-refractivity contribution in [3.63, 3.8) is 0 Å². The Morgan fingerprint density at radius 1 is 1.23 bits per heavy atom. The van der Waals surface area contributed by atoms with Crippen LogP contribution in [0.5, 0.6) is 0 Å². The largest absolute Gasteiger partial charge is 0.416 e. The van der Waals surface area contributed by atoms with Crippen molar-refractivity contribution >= 4 is 5.82 Å². The zero-order valence-electron chi connectivity index (χ0n) is 11.8. The van der Waals surface area contributed by atoms with Gasteiger partial charge in [-0.1, -0.05) is 12.1 Å². The van der Waals surface area contributed by atoms with Gasteiger partial charge in [-0.15, -0.1) is 0 Å². The molecule has 22 heavy (non-hydrogen) atoms. The summed E-state index contributed by atoms with van der Waals surface area (Å²) in [6.45, 7) is 2.07. The van der Waals surface area contributed by atoms with E-state index in [1.807, 2.05) is 6.07 Å². The molecule has 114 valence electrons. The molecule has 0 saturated heterocycles. The van der Waals surface area contributed by atoms with Crippen LogP contribution in [0.1, 0.15) is 17.8 Å². The number of aromatic nitrogens is 2. The molecule has 2 aromatic rings. The second-order valence-corrected chi connectivity index (χ2v) is 4.60. The van der Waals surface area contributed by atoms with Gasteiger partial charge in [0.05, 0.1) is 23.7 Å². The Kier molecular flexibility index (Phi) is 4.61. The van der Waals surface area contributed by atoms with Crippen LogP contribution in [-0.4, -0.2) is 16.5 Å². The number of halogens is 3. The molecule has 4 nitrogen and oxygen atoms in total. The summed E-state index contributed by atoms with van der Waals surface area (Å²) in [6, 6.07) is 8.55. The second kappa shape index (κ2) is 6.43. The van der Waals surface area contributed by atoms with E-state index < -0.39 is 11.7 Å². The molecular weight excluding hydrogens is 293 g/mol. The van der Waals surface area contributed by atoms with Gasteiger partial charge in [0, 0.05) is 18.2 Å². The van der Waals surface area contributed by atoms with Gasteiger partial charge in [-0.2, -0.15) is 18.4 Å². The zero-order chi connectivity index (χ0) is 16.2. The molecule has 2 rings (SSSR count). The zero-order valence-corrected chi connectivity index (χ0v) is 11.8. The number of nitrogens with one attached hydrogen (secondary N) is 1. The van der Waals surface area contributed by atoms with Crippen molar-refractivity contribution in [1.29, 1.82) is 5.26 Å². The molecule has 0 aliphatic heterocycles. The molecule has 0 radical (unpaired) electrons. The van der Waals surface area contributed by atoms with E-state index in [9.17, 15) is 13.2 Å². The first-order valence-electron chi connectivity index (χ1n) is 6.54. The highest BCUT2D eigenvalue weighted by molar-refractivity contribution is 5.63. The average molecular weight is 306 g/mol. The number of benzene rings is 1. The van der Waals surface area contributed by atoms with Crippen LogP contribution in [-0.2, 0) is 6.18 Å². The van der Waals surface area contributed by atoms with Gasteiger partial charge in [-0.05, 0) is 19.1 Å². The molecule has 1 aromatic heterocycles. The van der Waals surface area contributed by atoms with Crippen molar-refractivity contribution in [3.05, 3.63) is 41.7 Å². The lowest BCUT2D eigenvalue weighted by Gasteiger charge is -2.10. The van der Waals surface area contributed by atoms with Crippen LogP contribution in [0.25, 0.3) is 11.3 Å². The summed E-state index contributed by atoms with van der Waals surface area (Å²) >= 11 is 0. The molecule has 1 aromatic carbocycles. The van der Waals surface area contributed by atoms with Crippen LogP contribution in [0, 0.1) is 18.3 Å². The summed E-state index contributed by atoms with van der Waals surface area (Å²) in [5.74, 6) is 0.921. The molecule has 0 bridgehead atoms. The Labute approximate surface area is 125 Å². The minimum absolute atomic E-state index is 0.307. The fourth-order valence-electron chi connectivity index (χ4n) is 1.91. The molecule has 0 spiro atoms. The summed E-state index contributed by atoms with van der Waals surface area (Å²) in [6.07, 6.45) is -4.09. The minimum Gasteiger partial charge on any atom is -0.369 e. The van der Waals surface area contributed by atoms with Crippen LogP contribution >= 0.6 is 0 Å². The van der Waals surface area contributed by atoms with Gasteiger partial charge in [0.15, 0.2) is 0 Å². The lowest BCUT2D eigenvalue weighted by atomic mass is 10.1. The van der Waals surface area contributed by atoms with Crippen molar-refractivity contribution in [2.75, 3.05) is 11.9 Å². The number of hydrogen-bond donors (Lipinski definition) is 1. The average Bonchev–Trinajstić information content (AvgIpc) is 2.46. The molecule has 0 aliphatic rings. The Balaban J connectivity index is 2.34. The summed E-state index contributed by atoms with van der Waals surface area (Å²) in [5, 5.41) is 11.5. The van der Waals surface area contributed by atoms with E-state index in [1.54, 1.807) is 19.1 Å². The molecule has 1 heterocycles. The molecular formula is C15H13F3N4. The number of aryl methyl sites for hydroxylation is 1. The third kappa shape index (κ3) is 3.95. The molecule has 0 atom stereocenters. The number of alkyl halides is 3. The summed E-state index contributed by atoms with van der Waals surface area (Å²) in [5.41, 5.74) is 0.0435. The quantitative estimate of drug-likeness (QED) is 0.873. The molecule has 0 saturated carbocycles. The molecule has 0 amide bonds. The molecule has 0 unspecified atom stereocenters. The van der Waals surface area contributed by atoms with Crippen LogP contribution in [0.15, 0.2) is 30.3 Å². The monoisotopic (exact) mass is 306 g/mol. The van der Waals surface area contributed by atoms with Gasteiger partial charge in [0.25, 0.3) is 0 Å². The Hall–Kier alpha value is -2.62. The standard InChI is InChI=1S/C15H13F3N4/c1-10-21-13(9-14(22-10)20-7-3-6-19)11-4-2-5-12(8-11)15(16,17)18/h2,4-5,8-9H,3,7H2,1H3,(H,20,21,22). The fourth-order valence-corrected chi connectivity index (χ4v) is 1.91. The van der Waals surface area contributed by atoms with E-state index in [0.717, 1.165) is 12.1 Å². The van der Waals surface area contributed by atoms with Crippen molar-refractivity contribution in [2.45, 2.75) is 19.5 Å². The maximum absolute atomic E-state index is 12.8. The highest BCUT2D eigenvalue weighted by Crippen LogP contribution is 2.32. The number of nitrogens with zero attached hydrogens (tertiary/aromatic N) is 3. The van der Waals surface area contributed by atoms with Gasteiger partial charge < -0.3 is 5.32 Å². The number of rotatable bonds is 4. The van der Waals surface area contributed by atoms with Gasteiger partial charge in [-0.3, -0.25) is 0 Å². The van der Waals surface area contributed by atoms with Crippen molar-refractivity contribution < 1.29 is 13.2 Å². The topological polar surface area (TPSA) is 61.6 Å². The normalized spacial score (nSPS) is 11.0. The minimum atomic E-state index is -4.40. The predicted molar refractivity (Wildman–Crippen MR) is 75.9 cm³/mol. The highest BCUT2D eigenvalue weighted by atomic mass is 19.4. The predicted octanol–water partition coefficient (Wildman–Crippen LogP) is 3.80. The van der Waals surface area contributed by atoms with Gasteiger partial charge in [0.1, 0.15) is 11.6 Å². The first-order chi connectivity index (χ1) is 10.4. The van der Waals surface area contributed by atoms with E-state index in [-0.39, 0.29) is 0 Å². The van der Waals surface area contributed by atoms with Gasteiger partial charge in [0.2, 0.25) is 0 Å². The fraction of sp³-hybridized carbons (Fsp3) is 0.267. The Morgan fingerprint density at radius 2 is 2.00 bits per heavy atom. The third-order valence-corrected chi connectivity index (χ3v) is 2.87. The summed E-state index contributed by atoms with van der Waals surface area (Å²) in [7, 11) is 0. The smallest absolute Gasteiger partial charge is 0.369 e. The Bertz CT molecular complexity index is 705. The van der Waals surface area contributed by atoms with Gasteiger partial charge >= 0.3 is 6.18 Å². The van der Waals surface area contributed by atoms with Crippen LogP contribution < -0.4 is 5.32 Å². The molecule has 0 fully saturated rings. The SMILES string of the molecule is Cc1nc(NCCC#N)cc(-c2cccc(C(F)(F)F)c2)n1. The number of hydrogen-bond acceptors (Lipinski definition) is 4. The summed E-state index contributed by atoms with van der Waals surface area (Å²) < 4.78 is 38.3. The first kappa shape index (κ1) is 15.8. The number of nitriles is 1. The number of anilines is 1. The van der Waals surface area contributed by atoms with E-state index in [0.29, 0.717) is 35.9 Å². The maximum atomic E-state index is 12.8. The Morgan fingerprint density at radius 3 is 2.68 bits per heavy atom. The van der Waals surface area contributed by atoms with Crippen molar-refractivity contribution in [2.24, 2.45) is 0 Å². The maximum Gasteiger partial charge on any atom is 0.416 e. The molecule has 7 heteroatoms. The lowest BCUT2D eigenvalue weighted by molar-refractivity contribution is -0.137. The van der Waals surface area contributed by atoms with E-state index in [2.05, 4.69) is 15.3 Å². The van der Waals surface area contributed by atoms with E-state index in [4.69, 9.17) is 5.26 Å². The van der Waals surface area contributed by atoms with Crippen molar-refractivity contribution in [3.8, 4) is 17.3 Å². The molecule has 0 aliphatic carbocycles. The summed E-state index contributed by atoms with van der Waals surface area (Å²) in [4.78, 5) is 8.32. The molecule has 1 N–H and O–H groups in total. The second-order valence-electron chi connectivity index (χ2n) is 4.60. The lowest BCUT2D eigenvalue weighted by Crippen LogP contribution is -2.06. The van der Waals surface area contributed by atoms with Crippen molar-refractivity contribution in [1.82, 2.24) is 9.97 Å². The van der Waals surface area contributed by atoms with Crippen LogP contribution in [0.4, 0.5) is 19.0 Å². The van der Waals surface area contributed by atoms with E-state index >= 15 is 0 Å². The first-order valence-corrected chi connectivity index (χ1v) is 6.54. The van der Waals surface area contributed by atoms with E-state index in [1.165, 1.54) is 6.07 Å². The van der Waals surface area contributed by atoms with Gasteiger partial charge in [-0.25, -0.2) is 9.97 Å². The van der Waals surface area contributed by atoms with Crippen LogP contribution in [0.2, 0.25) is 0 Å². The van der Waals surface area contributed by atoms with Crippen LogP contribution in [0.3, 0.4) is 0 Å².